The van der Waals surface area contributed by atoms with E-state index < -0.39 is 0 Å². The molecule has 0 bridgehead atoms. The molecular formula is C12H20ClN5O. The molecular weight excluding hydrogens is 266 g/mol. The number of anilines is 2. The summed E-state index contributed by atoms with van der Waals surface area (Å²) in [6.45, 7) is 0.957. The van der Waals surface area contributed by atoms with E-state index in [4.69, 9.17) is 11.6 Å². The molecule has 1 N–H and O–H groups in total. The van der Waals surface area contributed by atoms with Crippen LogP contribution < -0.4 is 9.80 Å². The highest BCUT2D eigenvalue weighted by Gasteiger charge is 2.23. The summed E-state index contributed by atoms with van der Waals surface area (Å²) < 4.78 is 0. The lowest BCUT2D eigenvalue weighted by molar-refractivity contribution is 0.254. The average Bonchev–Trinajstić information content (AvgIpc) is 2.62. The van der Waals surface area contributed by atoms with E-state index in [2.05, 4.69) is 15.0 Å². The van der Waals surface area contributed by atoms with Gasteiger partial charge in [-0.15, -0.1) is 0 Å². The predicted octanol–water partition coefficient (Wildman–Crippen LogP) is 1.33. The third-order valence-corrected chi connectivity index (χ3v) is 3.50. The lowest BCUT2D eigenvalue weighted by atomic mass is 10.1. The summed E-state index contributed by atoms with van der Waals surface area (Å²) in [6.07, 6.45) is 4.33. The van der Waals surface area contributed by atoms with E-state index >= 15 is 0 Å². The van der Waals surface area contributed by atoms with Crippen LogP contribution in [0.5, 0.6) is 0 Å². The van der Waals surface area contributed by atoms with Crippen molar-refractivity contribution in [2.75, 3.05) is 37.0 Å². The zero-order chi connectivity index (χ0) is 13.8. The highest BCUT2D eigenvalue weighted by molar-refractivity contribution is 6.28. The van der Waals surface area contributed by atoms with Crippen LogP contribution >= 0.6 is 11.6 Å². The molecule has 7 heteroatoms. The molecule has 1 aliphatic heterocycles. The highest BCUT2D eigenvalue weighted by Crippen LogP contribution is 2.23. The summed E-state index contributed by atoms with van der Waals surface area (Å²) >= 11 is 5.97. The van der Waals surface area contributed by atoms with Crippen LogP contribution in [0.2, 0.25) is 5.28 Å². The number of aliphatic hydroxyl groups excluding tert-OH is 1. The molecule has 1 aromatic heterocycles. The van der Waals surface area contributed by atoms with Gasteiger partial charge in [0.25, 0.3) is 0 Å². The van der Waals surface area contributed by atoms with Crippen molar-refractivity contribution in [3.8, 4) is 0 Å². The fourth-order valence-electron chi connectivity index (χ4n) is 2.29. The quantitative estimate of drug-likeness (QED) is 0.904. The first kappa shape index (κ1) is 14.3. The van der Waals surface area contributed by atoms with Crippen molar-refractivity contribution in [1.29, 1.82) is 0 Å². The molecule has 0 amide bonds. The summed E-state index contributed by atoms with van der Waals surface area (Å²) in [4.78, 5) is 16.6. The van der Waals surface area contributed by atoms with Crippen LogP contribution in [-0.4, -0.2) is 53.3 Å². The summed E-state index contributed by atoms with van der Waals surface area (Å²) in [5.41, 5.74) is 0. The first-order chi connectivity index (χ1) is 9.11. The Labute approximate surface area is 118 Å². The Balaban J connectivity index is 2.32. The molecule has 1 fully saturated rings. The normalized spacial score (nSPS) is 20.2. The van der Waals surface area contributed by atoms with Crippen molar-refractivity contribution in [3.63, 3.8) is 0 Å². The molecule has 1 unspecified atom stereocenters. The van der Waals surface area contributed by atoms with E-state index in [1.165, 1.54) is 6.42 Å². The van der Waals surface area contributed by atoms with Gasteiger partial charge in [0, 0.05) is 20.6 Å². The maximum Gasteiger partial charge on any atom is 0.231 e. The Morgan fingerprint density at radius 2 is 2.05 bits per heavy atom. The standard InChI is InChI=1S/C12H20ClN5O/c1-17(2)11-14-10(13)15-12(16-11)18-7-5-3-4-6-9(18)8-19/h9,19H,3-8H2,1-2H3. The molecule has 1 saturated heterocycles. The van der Waals surface area contributed by atoms with Gasteiger partial charge in [-0.1, -0.05) is 12.8 Å². The van der Waals surface area contributed by atoms with Gasteiger partial charge in [0.05, 0.1) is 12.6 Å². The molecule has 0 spiro atoms. The lowest BCUT2D eigenvalue weighted by Crippen LogP contribution is -2.39. The van der Waals surface area contributed by atoms with Crippen LogP contribution in [0.3, 0.4) is 0 Å². The number of rotatable bonds is 3. The number of aliphatic hydroxyl groups is 1. The van der Waals surface area contributed by atoms with E-state index in [1.54, 1.807) is 4.90 Å². The number of hydrogen-bond acceptors (Lipinski definition) is 6. The van der Waals surface area contributed by atoms with Crippen LogP contribution in [0.15, 0.2) is 0 Å². The van der Waals surface area contributed by atoms with Gasteiger partial charge in [0.2, 0.25) is 17.2 Å². The molecule has 6 nitrogen and oxygen atoms in total. The molecule has 1 aliphatic rings. The maximum atomic E-state index is 9.54. The fraction of sp³-hybridized carbons (Fsp3) is 0.750. The molecule has 1 atom stereocenters. The van der Waals surface area contributed by atoms with Crippen molar-refractivity contribution in [1.82, 2.24) is 15.0 Å². The topological polar surface area (TPSA) is 65.4 Å². The van der Waals surface area contributed by atoms with Crippen LogP contribution in [-0.2, 0) is 0 Å². The Bertz CT molecular complexity index is 429. The molecule has 106 valence electrons. The first-order valence-electron chi connectivity index (χ1n) is 6.58. The minimum atomic E-state index is 0.0657. The van der Waals surface area contributed by atoms with Gasteiger partial charge < -0.3 is 14.9 Å². The first-order valence-corrected chi connectivity index (χ1v) is 6.96. The van der Waals surface area contributed by atoms with E-state index in [0.29, 0.717) is 11.9 Å². The number of aromatic nitrogens is 3. The molecule has 2 heterocycles. The zero-order valence-electron chi connectivity index (χ0n) is 11.4. The third kappa shape index (κ3) is 3.45. The molecule has 0 radical (unpaired) electrons. The van der Waals surface area contributed by atoms with Crippen LogP contribution in [0.4, 0.5) is 11.9 Å². The Morgan fingerprint density at radius 3 is 2.74 bits per heavy atom. The molecule has 0 aliphatic carbocycles. The van der Waals surface area contributed by atoms with Gasteiger partial charge in [-0.25, -0.2) is 0 Å². The van der Waals surface area contributed by atoms with Gasteiger partial charge in [-0.05, 0) is 24.4 Å². The van der Waals surface area contributed by atoms with Gasteiger partial charge in [0.1, 0.15) is 0 Å². The largest absolute Gasteiger partial charge is 0.394 e. The lowest BCUT2D eigenvalue weighted by Gasteiger charge is -2.29. The van der Waals surface area contributed by atoms with Gasteiger partial charge in [0.15, 0.2) is 0 Å². The second kappa shape index (κ2) is 6.34. The Hall–Kier alpha value is -1.14. The smallest absolute Gasteiger partial charge is 0.231 e. The maximum absolute atomic E-state index is 9.54. The SMILES string of the molecule is CN(C)c1nc(Cl)nc(N2CCCCCC2CO)n1. The Kier molecular flexibility index (Phi) is 4.76. The molecule has 1 aromatic rings. The second-order valence-electron chi connectivity index (χ2n) is 4.98. The molecule has 19 heavy (non-hydrogen) atoms. The Morgan fingerprint density at radius 1 is 1.26 bits per heavy atom. The van der Waals surface area contributed by atoms with Crippen molar-refractivity contribution in [2.24, 2.45) is 0 Å². The zero-order valence-corrected chi connectivity index (χ0v) is 12.1. The summed E-state index contributed by atoms with van der Waals surface area (Å²) in [7, 11) is 3.72. The van der Waals surface area contributed by atoms with E-state index in [-0.39, 0.29) is 17.9 Å². The van der Waals surface area contributed by atoms with Gasteiger partial charge in [-0.3, -0.25) is 0 Å². The van der Waals surface area contributed by atoms with Crippen LogP contribution in [0.25, 0.3) is 0 Å². The van der Waals surface area contributed by atoms with Crippen molar-refractivity contribution in [3.05, 3.63) is 5.28 Å². The summed E-state index contributed by atoms with van der Waals surface area (Å²) in [5, 5.41) is 9.73. The van der Waals surface area contributed by atoms with Gasteiger partial charge >= 0.3 is 0 Å². The van der Waals surface area contributed by atoms with E-state index in [0.717, 1.165) is 25.8 Å². The predicted molar refractivity (Wildman–Crippen MR) is 75.9 cm³/mol. The van der Waals surface area contributed by atoms with Crippen molar-refractivity contribution >= 4 is 23.5 Å². The van der Waals surface area contributed by atoms with Crippen molar-refractivity contribution in [2.45, 2.75) is 31.7 Å². The second-order valence-corrected chi connectivity index (χ2v) is 5.32. The number of hydrogen-bond donors (Lipinski definition) is 1. The van der Waals surface area contributed by atoms with Crippen LogP contribution in [0, 0.1) is 0 Å². The average molecular weight is 286 g/mol. The minimum Gasteiger partial charge on any atom is -0.394 e. The van der Waals surface area contributed by atoms with E-state index in [9.17, 15) is 5.11 Å². The molecule has 0 saturated carbocycles. The highest BCUT2D eigenvalue weighted by atomic mass is 35.5. The molecule has 0 aromatic carbocycles. The molecule has 2 rings (SSSR count). The van der Waals surface area contributed by atoms with Gasteiger partial charge in [-0.2, -0.15) is 15.0 Å². The fourth-order valence-corrected chi connectivity index (χ4v) is 2.44. The third-order valence-electron chi connectivity index (χ3n) is 3.33. The number of halogens is 1. The number of nitrogens with zero attached hydrogens (tertiary/aromatic N) is 5. The monoisotopic (exact) mass is 285 g/mol. The summed E-state index contributed by atoms with van der Waals surface area (Å²) in [5.74, 6) is 1.10. The minimum absolute atomic E-state index is 0.0657. The summed E-state index contributed by atoms with van der Waals surface area (Å²) in [6, 6.07) is 0.0657. The van der Waals surface area contributed by atoms with Crippen molar-refractivity contribution < 1.29 is 5.11 Å². The van der Waals surface area contributed by atoms with Crippen LogP contribution in [0.1, 0.15) is 25.7 Å². The van der Waals surface area contributed by atoms with E-state index in [1.807, 2.05) is 19.0 Å².